The van der Waals surface area contributed by atoms with Crippen LogP contribution in [0.2, 0.25) is 0 Å². The van der Waals surface area contributed by atoms with Gasteiger partial charge < -0.3 is 10.1 Å². The molecule has 0 bridgehead atoms. The Labute approximate surface area is 112 Å². The highest BCUT2D eigenvalue weighted by molar-refractivity contribution is 5.29. The number of nitrogens with zero attached hydrogens (tertiary/aromatic N) is 1. The minimum atomic E-state index is -2.80. The van der Waals surface area contributed by atoms with Crippen molar-refractivity contribution in [3.05, 3.63) is 29.8 Å². The fraction of sp³-hybridized carbons (Fsp3) is 0.500. The maximum absolute atomic E-state index is 12.0. The summed E-state index contributed by atoms with van der Waals surface area (Å²) in [5.41, 5.74) is 0.970. The van der Waals surface area contributed by atoms with Crippen molar-refractivity contribution >= 4 is 0 Å². The molecule has 1 aromatic carbocycles. The summed E-state index contributed by atoms with van der Waals surface area (Å²) >= 11 is 0. The maximum atomic E-state index is 12.0. The zero-order chi connectivity index (χ0) is 14.3. The fourth-order valence-electron chi connectivity index (χ4n) is 1.82. The summed E-state index contributed by atoms with van der Waals surface area (Å²) in [4.78, 5) is 0. The second kappa shape index (κ2) is 7.70. The number of hydrogen-bond acceptors (Lipinski definition) is 3. The average Bonchev–Trinajstić information content (AvgIpc) is 2.38. The van der Waals surface area contributed by atoms with Crippen molar-refractivity contribution in [2.75, 3.05) is 0 Å². The van der Waals surface area contributed by atoms with Crippen molar-refractivity contribution in [3.63, 3.8) is 0 Å². The van der Waals surface area contributed by atoms with E-state index in [1.807, 2.05) is 13.8 Å². The van der Waals surface area contributed by atoms with Gasteiger partial charge in [0.05, 0.1) is 12.5 Å². The molecule has 0 saturated heterocycles. The van der Waals surface area contributed by atoms with Crippen LogP contribution in [0.15, 0.2) is 24.3 Å². The average molecular weight is 268 g/mol. The summed E-state index contributed by atoms with van der Waals surface area (Å²) in [7, 11) is 0. The van der Waals surface area contributed by atoms with Crippen LogP contribution in [0.1, 0.15) is 38.3 Å². The van der Waals surface area contributed by atoms with Gasteiger partial charge in [0.2, 0.25) is 0 Å². The molecule has 0 spiro atoms. The molecule has 0 amide bonds. The van der Waals surface area contributed by atoms with Gasteiger partial charge in [-0.1, -0.05) is 19.1 Å². The normalized spacial score (nSPS) is 13.9. The topological polar surface area (TPSA) is 45.0 Å². The zero-order valence-corrected chi connectivity index (χ0v) is 11.1. The molecular weight excluding hydrogens is 250 g/mol. The molecule has 0 aromatic heterocycles. The van der Waals surface area contributed by atoms with Crippen LogP contribution >= 0.6 is 0 Å². The Morgan fingerprint density at radius 3 is 2.42 bits per heavy atom. The number of hydrogen-bond donors (Lipinski definition) is 1. The number of alkyl halides is 2. The number of nitriles is 1. The molecule has 1 aromatic rings. The highest BCUT2D eigenvalue weighted by atomic mass is 19.3. The Morgan fingerprint density at radius 2 is 1.95 bits per heavy atom. The largest absolute Gasteiger partial charge is 0.435 e. The maximum Gasteiger partial charge on any atom is 0.387 e. The van der Waals surface area contributed by atoms with Crippen molar-refractivity contribution < 1.29 is 13.5 Å². The summed E-state index contributed by atoms with van der Waals surface area (Å²) in [6.07, 6.45) is 1.32. The minimum Gasteiger partial charge on any atom is -0.435 e. The quantitative estimate of drug-likeness (QED) is 0.821. The lowest BCUT2D eigenvalue weighted by molar-refractivity contribution is -0.0498. The van der Waals surface area contributed by atoms with Crippen LogP contribution in [-0.4, -0.2) is 12.7 Å². The molecule has 19 heavy (non-hydrogen) atoms. The summed E-state index contributed by atoms with van der Waals surface area (Å²) < 4.78 is 28.3. The van der Waals surface area contributed by atoms with Crippen molar-refractivity contribution in [1.82, 2.24) is 5.32 Å². The molecule has 0 aliphatic heterocycles. The van der Waals surface area contributed by atoms with Crippen molar-refractivity contribution in [2.24, 2.45) is 0 Å². The Kier molecular flexibility index (Phi) is 6.23. The smallest absolute Gasteiger partial charge is 0.387 e. The van der Waals surface area contributed by atoms with E-state index in [0.29, 0.717) is 6.42 Å². The van der Waals surface area contributed by atoms with Gasteiger partial charge in [-0.2, -0.15) is 14.0 Å². The number of ether oxygens (including phenoxy) is 1. The van der Waals surface area contributed by atoms with Gasteiger partial charge in [0, 0.05) is 12.1 Å². The third-order valence-corrected chi connectivity index (χ3v) is 2.92. The fourth-order valence-corrected chi connectivity index (χ4v) is 1.82. The van der Waals surface area contributed by atoms with Crippen molar-refractivity contribution in [2.45, 2.75) is 45.4 Å². The third-order valence-electron chi connectivity index (χ3n) is 2.92. The SMILES string of the molecule is CCC(CC#N)NC(C)c1ccc(OC(F)F)cc1. The first kappa shape index (κ1) is 15.4. The van der Waals surface area contributed by atoms with E-state index in [-0.39, 0.29) is 17.8 Å². The molecule has 1 N–H and O–H groups in total. The molecule has 0 heterocycles. The first-order valence-corrected chi connectivity index (χ1v) is 6.24. The lowest BCUT2D eigenvalue weighted by atomic mass is 10.1. The van der Waals surface area contributed by atoms with Gasteiger partial charge in [0.1, 0.15) is 5.75 Å². The second-order valence-corrected chi connectivity index (χ2v) is 4.30. The van der Waals surface area contributed by atoms with Crippen molar-refractivity contribution in [3.8, 4) is 11.8 Å². The number of rotatable bonds is 7. The van der Waals surface area contributed by atoms with E-state index in [1.54, 1.807) is 12.1 Å². The van der Waals surface area contributed by atoms with Crippen LogP contribution in [-0.2, 0) is 0 Å². The van der Waals surface area contributed by atoms with Gasteiger partial charge in [0.25, 0.3) is 0 Å². The third kappa shape index (κ3) is 5.23. The van der Waals surface area contributed by atoms with E-state index >= 15 is 0 Å². The van der Waals surface area contributed by atoms with Crippen LogP contribution < -0.4 is 10.1 Å². The van der Waals surface area contributed by atoms with Gasteiger partial charge in [-0.05, 0) is 31.0 Å². The van der Waals surface area contributed by atoms with Gasteiger partial charge >= 0.3 is 6.61 Å². The highest BCUT2D eigenvalue weighted by Crippen LogP contribution is 2.20. The van der Waals surface area contributed by atoms with Crippen LogP contribution in [0.5, 0.6) is 5.75 Å². The Morgan fingerprint density at radius 1 is 1.32 bits per heavy atom. The van der Waals surface area contributed by atoms with Crippen LogP contribution in [0.4, 0.5) is 8.78 Å². The summed E-state index contributed by atoms with van der Waals surface area (Å²) in [5, 5.41) is 12.0. The van der Waals surface area contributed by atoms with Gasteiger partial charge in [-0.15, -0.1) is 0 Å². The van der Waals surface area contributed by atoms with E-state index in [9.17, 15) is 8.78 Å². The summed E-state index contributed by atoms with van der Waals surface area (Å²) in [6, 6.07) is 8.86. The van der Waals surface area contributed by atoms with Gasteiger partial charge in [-0.3, -0.25) is 0 Å². The van der Waals surface area contributed by atoms with Crippen molar-refractivity contribution in [1.29, 1.82) is 5.26 Å². The molecule has 0 radical (unpaired) electrons. The van der Waals surface area contributed by atoms with E-state index < -0.39 is 6.61 Å². The second-order valence-electron chi connectivity index (χ2n) is 4.30. The molecule has 0 aliphatic rings. The van der Waals surface area contributed by atoms with E-state index in [1.165, 1.54) is 12.1 Å². The van der Waals surface area contributed by atoms with E-state index in [4.69, 9.17) is 5.26 Å². The Bertz CT molecular complexity index is 414. The lowest BCUT2D eigenvalue weighted by Crippen LogP contribution is -2.30. The molecule has 2 unspecified atom stereocenters. The molecule has 2 atom stereocenters. The monoisotopic (exact) mass is 268 g/mol. The summed E-state index contributed by atoms with van der Waals surface area (Å²) in [6.45, 7) is 1.19. The molecule has 0 aliphatic carbocycles. The zero-order valence-electron chi connectivity index (χ0n) is 11.1. The first-order chi connectivity index (χ1) is 9.06. The standard InChI is InChI=1S/C14H18F2N2O/c1-3-12(8-9-17)18-10(2)11-4-6-13(7-5-11)19-14(15)16/h4-7,10,12,14,18H,3,8H2,1-2H3. The van der Waals surface area contributed by atoms with Crippen LogP contribution in [0.3, 0.4) is 0 Å². The molecule has 3 nitrogen and oxygen atoms in total. The predicted octanol–water partition coefficient (Wildman–Crippen LogP) is 3.63. The highest BCUT2D eigenvalue weighted by Gasteiger charge is 2.12. The van der Waals surface area contributed by atoms with Gasteiger partial charge in [-0.25, -0.2) is 0 Å². The molecular formula is C14H18F2N2O. The summed E-state index contributed by atoms with van der Waals surface area (Å²) in [5.74, 6) is 0.148. The Hall–Kier alpha value is -1.67. The first-order valence-electron chi connectivity index (χ1n) is 6.24. The molecule has 0 saturated carbocycles. The molecule has 104 valence electrons. The lowest BCUT2D eigenvalue weighted by Gasteiger charge is -2.20. The van der Waals surface area contributed by atoms with Crippen LogP contribution in [0.25, 0.3) is 0 Å². The Balaban J connectivity index is 2.62. The number of benzene rings is 1. The van der Waals surface area contributed by atoms with E-state index in [0.717, 1.165) is 12.0 Å². The minimum absolute atomic E-state index is 0.0545. The van der Waals surface area contributed by atoms with Crippen LogP contribution in [0, 0.1) is 11.3 Å². The molecule has 1 rings (SSSR count). The molecule has 0 fully saturated rings. The molecule has 5 heteroatoms. The van der Waals surface area contributed by atoms with E-state index in [2.05, 4.69) is 16.1 Å². The number of halogens is 2. The predicted molar refractivity (Wildman–Crippen MR) is 68.9 cm³/mol. The van der Waals surface area contributed by atoms with Gasteiger partial charge in [0.15, 0.2) is 0 Å². The number of nitrogens with one attached hydrogen (secondary N) is 1.